The molecule has 1 amide bonds. The van der Waals surface area contributed by atoms with Crippen LogP contribution < -0.4 is 10.1 Å². The third-order valence-corrected chi connectivity index (χ3v) is 3.63. The molecule has 2 rings (SSSR count). The van der Waals surface area contributed by atoms with Gasteiger partial charge in [0.25, 0.3) is 5.91 Å². The molecule has 8 heteroatoms. The number of rotatable bonds is 2. The summed E-state index contributed by atoms with van der Waals surface area (Å²) in [6, 6.07) is 5.20. The molecule has 1 aromatic carbocycles. The molecule has 124 valence electrons. The minimum absolute atomic E-state index is 0. The second-order valence-electron chi connectivity index (χ2n) is 5.05. The number of alkyl halides is 3. The van der Waals surface area contributed by atoms with E-state index in [0.717, 1.165) is 12.1 Å². The van der Waals surface area contributed by atoms with Crippen LogP contribution in [0.4, 0.5) is 13.2 Å². The molecule has 4 nitrogen and oxygen atoms in total. The Morgan fingerprint density at radius 2 is 1.86 bits per heavy atom. The summed E-state index contributed by atoms with van der Waals surface area (Å²) >= 11 is 0. The molecule has 1 heterocycles. The number of carbonyl (C=O) groups is 1. The van der Waals surface area contributed by atoms with Gasteiger partial charge in [0.2, 0.25) is 0 Å². The molecule has 0 aliphatic carbocycles. The van der Waals surface area contributed by atoms with Crippen molar-refractivity contribution in [3.8, 4) is 5.75 Å². The number of halogens is 4. The number of nitrogens with zero attached hydrogens (tertiary/aromatic N) is 1. The number of hydrogen-bond acceptors (Lipinski definition) is 3. The maximum atomic E-state index is 12.4. The lowest BCUT2D eigenvalue weighted by molar-refractivity contribution is -0.274. The molecule has 0 aromatic heterocycles. The van der Waals surface area contributed by atoms with Crippen molar-refractivity contribution in [1.29, 1.82) is 0 Å². The Labute approximate surface area is 133 Å². The Morgan fingerprint density at radius 1 is 1.27 bits per heavy atom. The van der Waals surface area contributed by atoms with Crippen LogP contribution in [-0.4, -0.2) is 42.3 Å². The van der Waals surface area contributed by atoms with Gasteiger partial charge in [-0.05, 0) is 38.1 Å². The highest BCUT2D eigenvalue weighted by Crippen LogP contribution is 2.23. The molecule has 1 aliphatic heterocycles. The van der Waals surface area contributed by atoms with Crippen molar-refractivity contribution >= 4 is 18.3 Å². The van der Waals surface area contributed by atoms with Crippen molar-refractivity contribution in [2.75, 3.05) is 13.1 Å². The van der Waals surface area contributed by atoms with Gasteiger partial charge >= 0.3 is 6.36 Å². The smallest absolute Gasteiger partial charge is 0.406 e. The van der Waals surface area contributed by atoms with Gasteiger partial charge in [0.1, 0.15) is 5.75 Å². The van der Waals surface area contributed by atoms with E-state index >= 15 is 0 Å². The number of benzene rings is 1. The monoisotopic (exact) mass is 338 g/mol. The molecule has 2 unspecified atom stereocenters. The van der Waals surface area contributed by atoms with Crippen LogP contribution in [0, 0.1) is 0 Å². The van der Waals surface area contributed by atoms with Crippen molar-refractivity contribution in [2.45, 2.75) is 32.3 Å². The van der Waals surface area contributed by atoms with Gasteiger partial charge in [0, 0.05) is 30.7 Å². The van der Waals surface area contributed by atoms with Crippen molar-refractivity contribution in [2.24, 2.45) is 0 Å². The van der Waals surface area contributed by atoms with Crippen LogP contribution in [0.3, 0.4) is 0 Å². The standard InChI is InChI=1S/C14H17F3N2O2.ClH/c1-9-10(2)19(8-7-18-9)13(20)11-3-5-12(6-4-11)21-14(15,16)17;/h3-6,9-10,18H,7-8H2,1-2H3;1H. The second-order valence-corrected chi connectivity index (χ2v) is 5.05. The van der Waals surface area contributed by atoms with E-state index in [-0.39, 0.29) is 36.1 Å². The van der Waals surface area contributed by atoms with Gasteiger partial charge in [-0.2, -0.15) is 0 Å². The lowest BCUT2D eigenvalue weighted by atomic mass is 10.1. The third kappa shape index (κ3) is 4.51. The zero-order valence-electron chi connectivity index (χ0n) is 12.2. The van der Waals surface area contributed by atoms with Crippen LogP contribution in [0.25, 0.3) is 0 Å². The molecule has 2 atom stereocenters. The zero-order chi connectivity index (χ0) is 15.6. The summed E-state index contributed by atoms with van der Waals surface area (Å²) in [4.78, 5) is 14.1. The van der Waals surface area contributed by atoms with Crippen molar-refractivity contribution in [3.63, 3.8) is 0 Å². The maximum absolute atomic E-state index is 12.4. The number of carbonyl (C=O) groups excluding carboxylic acids is 1. The summed E-state index contributed by atoms with van der Waals surface area (Å²) in [5.41, 5.74) is 0.352. The average Bonchev–Trinajstić information content (AvgIpc) is 2.40. The molecule has 1 aliphatic rings. The van der Waals surface area contributed by atoms with Gasteiger partial charge in [-0.3, -0.25) is 4.79 Å². The van der Waals surface area contributed by atoms with Crippen LogP contribution in [0.15, 0.2) is 24.3 Å². The summed E-state index contributed by atoms with van der Waals surface area (Å²) in [6.45, 7) is 5.21. The van der Waals surface area contributed by atoms with Crippen LogP contribution in [0.5, 0.6) is 5.75 Å². The Balaban J connectivity index is 0.00000242. The summed E-state index contributed by atoms with van der Waals surface area (Å²) in [7, 11) is 0. The highest BCUT2D eigenvalue weighted by Gasteiger charge is 2.31. The SMILES string of the molecule is CC1NCCN(C(=O)c2ccc(OC(F)(F)F)cc2)C1C.Cl. The molecule has 0 saturated carbocycles. The fourth-order valence-electron chi connectivity index (χ4n) is 2.31. The van der Waals surface area contributed by atoms with Crippen LogP contribution in [0.2, 0.25) is 0 Å². The van der Waals surface area contributed by atoms with E-state index in [9.17, 15) is 18.0 Å². The molecule has 0 bridgehead atoms. The first-order valence-electron chi connectivity index (χ1n) is 6.68. The summed E-state index contributed by atoms with van der Waals surface area (Å²) in [5, 5.41) is 3.26. The minimum atomic E-state index is -4.73. The van der Waals surface area contributed by atoms with Gasteiger partial charge in [0.15, 0.2) is 0 Å². The van der Waals surface area contributed by atoms with Gasteiger partial charge in [-0.25, -0.2) is 0 Å². The van der Waals surface area contributed by atoms with Crippen LogP contribution >= 0.6 is 12.4 Å². The molecular weight excluding hydrogens is 321 g/mol. The van der Waals surface area contributed by atoms with E-state index in [4.69, 9.17) is 0 Å². The Hall–Kier alpha value is -1.47. The fraction of sp³-hybridized carbons (Fsp3) is 0.500. The molecule has 1 saturated heterocycles. The van der Waals surface area contributed by atoms with E-state index in [0.29, 0.717) is 18.7 Å². The molecule has 1 N–H and O–H groups in total. The van der Waals surface area contributed by atoms with Crippen molar-refractivity contribution in [1.82, 2.24) is 10.2 Å². The van der Waals surface area contributed by atoms with Crippen molar-refractivity contribution < 1.29 is 22.7 Å². The predicted molar refractivity (Wildman–Crippen MR) is 78.3 cm³/mol. The molecule has 1 fully saturated rings. The van der Waals surface area contributed by atoms with E-state index in [1.54, 1.807) is 4.90 Å². The summed E-state index contributed by atoms with van der Waals surface area (Å²) < 4.78 is 40.0. The Kier molecular flexibility index (Phi) is 6.08. The number of amides is 1. The van der Waals surface area contributed by atoms with Crippen LogP contribution in [0.1, 0.15) is 24.2 Å². The molecule has 0 radical (unpaired) electrons. The second kappa shape index (κ2) is 7.19. The lowest BCUT2D eigenvalue weighted by Crippen LogP contribution is -2.57. The highest BCUT2D eigenvalue weighted by atomic mass is 35.5. The Bertz CT molecular complexity index is 508. The van der Waals surface area contributed by atoms with E-state index in [1.807, 2.05) is 13.8 Å². The van der Waals surface area contributed by atoms with Gasteiger partial charge < -0.3 is 15.0 Å². The number of piperazine rings is 1. The van der Waals surface area contributed by atoms with Crippen LogP contribution in [-0.2, 0) is 0 Å². The first-order valence-corrected chi connectivity index (χ1v) is 6.68. The van der Waals surface area contributed by atoms with E-state index < -0.39 is 6.36 Å². The first kappa shape index (κ1) is 18.6. The van der Waals surface area contributed by atoms with Crippen molar-refractivity contribution in [3.05, 3.63) is 29.8 Å². The maximum Gasteiger partial charge on any atom is 0.573 e. The average molecular weight is 339 g/mol. The van der Waals surface area contributed by atoms with E-state index in [2.05, 4.69) is 10.1 Å². The predicted octanol–water partition coefficient (Wildman–Crippen LogP) is 2.83. The normalized spacial score (nSPS) is 22.0. The third-order valence-electron chi connectivity index (χ3n) is 3.63. The Morgan fingerprint density at radius 3 is 2.41 bits per heavy atom. The summed E-state index contributed by atoms with van der Waals surface area (Å²) in [6.07, 6.45) is -4.73. The molecule has 0 spiro atoms. The highest BCUT2D eigenvalue weighted by molar-refractivity contribution is 5.94. The molecular formula is C14H18ClF3N2O2. The number of nitrogens with one attached hydrogen (secondary N) is 1. The quantitative estimate of drug-likeness (QED) is 0.901. The largest absolute Gasteiger partial charge is 0.573 e. The molecule has 22 heavy (non-hydrogen) atoms. The number of ether oxygens (including phenoxy) is 1. The minimum Gasteiger partial charge on any atom is -0.406 e. The van der Waals surface area contributed by atoms with Gasteiger partial charge in [-0.1, -0.05) is 0 Å². The first-order chi connectivity index (χ1) is 9.78. The van der Waals surface area contributed by atoms with Gasteiger partial charge in [0.05, 0.1) is 0 Å². The topological polar surface area (TPSA) is 41.6 Å². The lowest BCUT2D eigenvalue weighted by Gasteiger charge is -2.38. The van der Waals surface area contributed by atoms with Gasteiger partial charge in [-0.15, -0.1) is 25.6 Å². The fourth-order valence-corrected chi connectivity index (χ4v) is 2.31. The molecule has 1 aromatic rings. The van der Waals surface area contributed by atoms with E-state index in [1.165, 1.54) is 12.1 Å². The number of hydrogen-bond donors (Lipinski definition) is 1. The zero-order valence-corrected chi connectivity index (χ0v) is 13.0. The summed E-state index contributed by atoms with van der Waals surface area (Å²) in [5.74, 6) is -0.518.